The molecule has 0 spiro atoms. The largest absolute Gasteiger partial charge is 0.504 e. The van der Waals surface area contributed by atoms with Gasteiger partial charge < -0.3 is 20.1 Å². The molecular formula is C14H16O4Si. The summed E-state index contributed by atoms with van der Waals surface area (Å²) in [7, 11) is -0.666. The average molecular weight is 276 g/mol. The Morgan fingerprint density at radius 1 is 0.947 bits per heavy atom. The summed E-state index contributed by atoms with van der Waals surface area (Å²) in [4.78, 5) is 9.40. The number of hydrogen-bond donors (Lipinski definition) is 4. The first-order valence-electron chi connectivity index (χ1n) is 5.89. The van der Waals surface area contributed by atoms with E-state index in [2.05, 4.69) is 0 Å². The fraction of sp³-hybridized carbons (Fsp3) is 0.286. The third-order valence-electron chi connectivity index (χ3n) is 3.18. The predicted molar refractivity (Wildman–Crippen MR) is 75.2 cm³/mol. The molecule has 0 atom stereocenters. The molecule has 4 nitrogen and oxygen atoms in total. The molecule has 0 unspecified atom stereocenters. The first kappa shape index (κ1) is 13.7. The highest BCUT2D eigenvalue weighted by Crippen LogP contribution is 2.43. The Morgan fingerprint density at radius 2 is 1.58 bits per heavy atom. The number of rotatable bonds is 1. The first-order valence-corrected chi connectivity index (χ1v) is 6.84. The third-order valence-corrected chi connectivity index (χ3v) is 3.91. The minimum atomic E-state index is -0.666. The number of hydrogen-bond acceptors (Lipinski definition) is 4. The van der Waals surface area contributed by atoms with Gasteiger partial charge in [-0.1, -0.05) is 39.0 Å². The maximum Gasteiger partial charge on any atom is 0.270 e. The molecular weight excluding hydrogens is 260 g/mol. The summed E-state index contributed by atoms with van der Waals surface area (Å²) in [5, 5.41) is 31.0. The van der Waals surface area contributed by atoms with E-state index in [4.69, 9.17) is 0 Å². The number of benzene rings is 2. The van der Waals surface area contributed by atoms with Crippen LogP contribution in [0.2, 0.25) is 0 Å². The molecule has 2 radical (unpaired) electrons. The Hall–Kier alpha value is -1.72. The zero-order chi connectivity index (χ0) is 14.4. The van der Waals surface area contributed by atoms with Gasteiger partial charge in [-0.15, -0.1) is 0 Å². The Bertz CT molecular complexity index is 644. The van der Waals surface area contributed by atoms with Crippen molar-refractivity contribution in [3.8, 4) is 17.2 Å². The quantitative estimate of drug-likeness (QED) is 0.470. The maximum absolute atomic E-state index is 10.1. The van der Waals surface area contributed by atoms with E-state index in [1.54, 1.807) is 6.07 Å². The topological polar surface area (TPSA) is 80.9 Å². The van der Waals surface area contributed by atoms with Gasteiger partial charge in [0.15, 0.2) is 11.5 Å². The van der Waals surface area contributed by atoms with Gasteiger partial charge in [-0.3, -0.25) is 0 Å². The highest BCUT2D eigenvalue weighted by molar-refractivity contribution is 6.52. The van der Waals surface area contributed by atoms with Gasteiger partial charge in [0.1, 0.15) is 0 Å². The van der Waals surface area contributed by atoms with E-state index >= 15 is 0 Å². The van der Waals surface area contributed by atoms with Crippen molar-refractivity contribution in [1.29, 1.82) is 0 Å². The van der Waals surface area contributed by atoms with Crippen molar-refractivity contribution >= 4 is 25.7 Å². The van der Waals surface area contributed by atoms with Gasteiger partial charge in [-0.05, 0) is 16.4 Å². The molecule has 0 saturated heterocycles. The van der Waals surface area contributed by atoms with E-state index in [1.807, 2.05) is 32.9 Å². The number of phenolic OH excluding ortho intramolecular Hbond substituents is 3. The normalized spacial score (nSPS) is 12.0. The molecule has 0 heterocycles. The van der Waals surface area contributed by atoms with E-state index in [9.17, 15) is 20.1 Å². The molecule has 0 bridgehead atoms. The van der Waals surface area contributed by atoms with Crippen LogP contribution >= 0.6 is 0 Å². The van der Waals surface area contributed by atoms with Crippen molar-refractivity contribution in [2.45, 2.75) is 26.2 Å². The molecule has 0 aliphatic rings. The molecule has 0 saturated carbocycles. The fourth-order valence-corrected chi connectivity index (χ4v) is 2.78. The van der Waals surface area contributed by atoms with Crippen LogP contribution in [0.5, 0.6) is 17.2 Å². The number of fused-ring (bicyclic) bond motifs is 1. The summed E-state index contributed by atoms with van der Waals surface area (Å²) in [5.41, 5.74) is 0.605. The summed E-state index contributed by atoms with van der Waals surface area (Å²) in [6, 6.07) is 5.38. The van der Waals surface area contributed by atoms with Gasteiger partial charge >= 0.3 is 0 Å². The van der Waals surface area contributed by atoms with Gasteiger partial charge in [-0.2, -0.15) is 0 Å². The summed E-state index contributed by atoms with van der Waals surface area (Å²) in [6.45, 7) is 5.98. The molecule has 19 heavy (non-hydrogen) atoms. The average Bonchev–Trinajstić information content (AvgIpc) is 2.35. The highest BCUT2D eigenvalue weighted by Gasteiger charge is 2.24. The fourth-order valence-electron chi connectivity index (χ4n) is 2.23. The molecule has 2 aromatic carbocycles. The second-order valence-corrected chi connectivity index (χ2v) is 6.23. The second-order valence-electron chi connectivity index (χ2n) is 5.51. The van der Waals surface area contributed by atoms with Crippen LogP contribution in [0.25, 0.3) is 10.8 Å². The van der Waals surface area contributed by atoms with Crippen LogP contribution in [0.4, 0.5) is 0 Å². The minimum absolute atomic E-state index is 0.240. The molecule has 2 aromatic rings. The van der Waals surface area contributed by atoms with Gasteiger partial charge in [0.05, 0.1) is 0 Å². The highest BCUT2D eigenvalue weighted by atomic mass is 28.2. The van der Waals surface area contributed by atoms with E-state index in [0.717, 1.165) is 5.56 Å². The SMILES string of the molecule is CC(C)(C)c1cccc2c([Si]O)c(O)c(O)c(O)c12. The van der Waals surface area contributed by atoms with Gasteiger partial charge in [-0.25, -0.2) is 0 Å². The van der Waals surface area contributed by atoms with Gasteiger partial charge in [0, 0.05) is 10.6 Å². The van der Waals surface area contributed by atoms with Crippen molar-refractivity contribution in [3.63, 3.8) is 0 Å². The van der Waals surface area contributed by atoms with Crippen LogP contribution < -0.4 is 5.19 Å². The summed E-state index contributed by atoms with van der Waals surface area (Å²) < 4.78 is 0. The molecule has 0 aliphatic carbocycles. The Labute approximate surface area is 113 Å². The van der Waals surface area contributed by atoms with Crippen LogP contribution in [0.3, 0.4) is 0 Å². The molecule has 4 N–H and O–H groups in total. The van der Waals surface area contributed by atoms with Gasteiger partial charge in [0.25, 0.3) is 9.76 Å². The Balaban J connectivity index is 3.03. The van der Waals surface area contributed by atoms with Crippen LogP contribution in [0.1, 0.15) is 26.3 Å². The lowest BCUT2D eigenvalue weighted by Crippen LogP contribution is -2.18. The van der Waals surface area contributed by atoms with Crippen molar-refractivity contribution in [2.75, 3.05) is 0 Å². The second kappa shape index (κ2) is 4.43. The van der Waals surface area contributed by atoms with Crippen LogP contribution in [0.15, 0.2) is 18.2 Å². The standard InChI is InChI=1S/C14H16O4Si/c1-14(2,3)8-6-4-5-7-9(8)10(15)11(16)12(17)13(7)19-18/h4-6,15-18H,1-3H3. The Kier molecular flexibility index (Phi) is 3.20. The lowest BCUT2D eigenvalue weighted by molar-refractivity contribution is 0.372. The number of aromatic hydroxyl groups is 3. The van der Waals surface area contributed by atoms with Crippen LogP contribution in [-0.2, 0) is 5.41 Å². The molecule has 100 valence electrons. The molecule has 0 aromatic heterocycles. The monoisotopic (exact) mass is 276 g/mol. The molecule has 0 amide bonds. The molecule has 2 rings (SSSR count). The first-order chi connectivity index (χ1) is 8.79. The van der Waals surface area contributed by atoms with E-state index in [1.165, 1.54) is 0 Å². The van der Waals surface area contributed by atoms with E-state index < -0.39 is 21.3 Å². The third kappa shape index (κ3) is 2.05. The predicted octanol–water partition coefficient (Wildman–Crippen LogP) is 1.49. The minimum Gasteiger partial charge on any atom is -0.504 e. The zero-order valence-corrected chi connectivity index (χ0v) is 12.0. The van der Waals surface area contributed by atoms with Crippen molar-refractivity contribution in [2.24, 2.45) is 0 Å². The van der Waals surface area contributed by atoms with Gasteiger partial charge in [0.2, 0.25) is 5.75 Å². The maximum atomic E-state index is 10.1. The lowest BCUT2D eigenvalue weighted by Gasteiger charge is -2.23. The van der Waals surface area contributed by atoms with E-state index in [0.29, 0.717) is 10.8 Å². The zero-order valence-electron chi connectivity index (χ0n) is 11.0. The van der Waals surface area contributed by atoms with Crippen molar-refractivity contribution in [1.82, 2.24) is 0 Å². The Morgan fingerprint density at radius 3 is 2.11 bits per heavy atom. The summed E-state index contributed by atoms with van der Waals surface area (Å²) in [5.74, 6) is -1.39. The molecule has 0 aliphatic heterocycles. The lowest BCUT2D eigenvalue weighted by atomic mass is 9.83. The smallest absolute Gasteiger partial charge is 0.270 e. The van der Waals surface area contributed by atoms with Crippen molar-refractivity contribution in [3.05, 3.63) is 23.8 Å². The number of phenols is 3. The van der Waals surface area contributed by atoms with Crippen LogP contribution in [-0.4, -0.2) is 29.9 Å². The van der Waals surface area contributed by atoms with Crippen molar-refractivity contribution < 1.29 is 20.1 Å². The summed E-state index contributed by atoms with van der Waals surface area (Å²) in [6.07, 6.45) is 0. The van der Waals surface area contributed by atoms with Crippen LogP contribution in [0, 0.1) is 0 Å². The molecule has 0 fully saturated rings. The molecule has 5 heteroatoms. The summed E-state index contributed by atoms with van der Waals surface area (Å²) >= 11 is 0. The van der Waals surface area contributed by atoms with E-state index in [-0.39, 0.29) is 16.4 Å².